The fraction of sp³-hybridized carbons (Fsp3) is 0.312. The number of ether oxygens (including phenoxy) is 2. The number of carbonyl (C=O) groups is 1. The quantitative estimate of drug-likeness (QED) is 0.909. The lowest BCUT2D eigenvalue weighted by molar-refractivity contribution is 0.174. The average Bonchev–Trinajstić information content (AvgIpc) is 2.94. The summed E-state index contributed by atoms with van der Waals surface area (Å²) in [6, 6.07) is 9.39. The summed E-state index contributed by atoms with van der Waals surface area (Å²) in [5, 5.41) is 7.89. The Morgan fingerprint density at radius 3 is 2.86 bits per heavy atom. The van der Waals surface area contributed by atoms with Crippen LogP contribution in [0.1, 0.15) is 17.7 Å². The molecule has 1 aliphatic carbocycles. The lowest BCUT2D eigenvalue weighted by Gasteiger charge is -2.15. The van der Waals surface area contributed by atoms with Crippen LogP contribution < -0.4 is 20.1 Å². The van der Waals surface area contributed by atoms with E-state index >= 15 is 0 Å². The zero-order valence-electron chi connectivity index (χ0n) is 11.9. The maximum Gasteiger partial charge on any atom is 0.319 e. The summed E-state index contributed by atoms with van der Waals surface area (Å²) in [6.45, 7) is 0.901. The van der Waals surface area contributed by atoms with Gasteiger partial charge in [0.25, 0.3) is 0 Å². The molecule has 2 aromatic rings. The number of hydrogen-bond donors (Lipinski definition) is 2. The molecule has 4 rings (SSSR count). The third-order valence-electron chi connectivity index (χ3n) is 4.12. The normalized spacial score (nSPS) is 17.1. The first kappa shape index (κ1) is 13.5. The van der Waals surface area contributed by atoms with E-state index in [2.05, 4.69) is 28.1 Å². The Kier molecular flexibility index (Phi) is 3.18. The van der Waals surface area contributed by atoms with Crippen LogP contribution in [0, 0.1) is 0 Å². The molecule has 0 saturated heterocycles. The van der Waals surface area contributed by atoms with E-state index in [1.807, 2.05) is 0 Å². The fourth-order valence-corrected chi connectivity index (χ4v) is 3.63. The van der Waals surface area contributed by atoms with Gasteiger partial charge in [-0.15, -0.1) is 11.3 Å². The number of carbonyl (C=O) groups excluding carboxylic acids is 1. The molecule has 1 fully saturated rings. The molecule has 2 aliphatic rings. The summed E-state index contributed by atoms with van der Waals surface area (Å²) in [5.74, 6) is 1.37. The van der Waals surface area contributed by atoms with Crippen LogP contribution in [0.15, 0.2) is 35.7 Å². The summed E-state index contributed by atoms with van der Waals surface area (Å²) in [6.07, 6.45) is 2.27. The SMILES string of the molecule is O=C(NCC1(c2cccs2)CC1)Nc1ccc2c(c1)OCO2. The van der Waals surface area contributed by atoms with Gasteiger partial charge in [0.15, 0.2) is 11.5 Å². The Morgan fingerprint density at radius 2 is 2.09 bits per heavy atom. The van der Waals surface area contributed by atoms with Gasteiger partial charge in [-0.1, -0.05) is 6.07 Å². The smallest absolute Gasteiger partial charge is 0.319 e. The molecular weight excluding hydrogens is 300 g/mol. The van der Waals surface area contributed by atoms with Crippen molar-refractivity contribution in [3.8, 4) is 11.5 Å². The molecule has 0 radical (unpaired) electrons. The maximum atomic E-state index is 12.1. The molecule has 22 heavy (non-hydrogen) atoms. The minimum Gasteiger partial charge on any atom is -0.454 e. The van der Waals surface area contributed by atoms with E-state index in [1.54, 1.807) is 29.5 Å². The number of anilines is 1. The number of rotatable bonds is 4. The van der Waals surface area contributed by atoms with Gasteiger partial charge in [0, 0.05) is 28.6 Å². The van der Waals surface area contributed by atoms with E-state index in [4.69, 9.17) is 9.47 Å². The first-order chi connectivity index (χ1) is 10.8. The molecule has 5 nitrogen and oxygen atoms in total. The third-order valence-corrected chi connectivity index (χ3v) is 5.23. The highest BCUT2D eigenvalue weighted by Crippen LogP contribution is 2.49. The standard InChI is InChI=1S/C16H16N2O3S/c19-15(17-9-16(5-6-16)14-2-1-7-22-14)18-11-3-4-12-13(8-11)21-10-20-12/h1-4,7-8H,5-6,9-10H2,(H2,17,18,19). The Hall–Kier alpha value is -2.21. The minimum absolute atomic E-state index is 0.153. The molecule has 1 saturated carbocycles. The number of urea groups is 1. The van der Waals surface area contributed by atoms with Gasteiger partial charge >= 0.3 is 6.03 Å². The van der Waals surface area contributed by atoms with Gasteiger partial charge in [-0.3, -0.25) is 0 Å². The van der Waals surface area contributed by atoms with Crippen LogP contribution in [0.3, 0.4) is 0 Å². The van der Waals surface area contributed by atoms with E-state index in [9.17, 15) is 4.79 Å². The van der Waals surface area contributed by atoms with Crippen LogP contribution in [0.25, 0.3) is 0 Å². The molecule has 0 bridgehead atoms. The van der Waals surface area contributed by atoms with Gasteiger partial charge in [-0.25, -0.2) is 4.79 Å². The van der Waals surface area contributed by atoms with Crippen molar-refractivity contribution in [3.05, 3.63) is 40.6 Å². The van der Waals surface area contributed by atoms with Crippen molar-refractivity contribution in [1.82, 2.24) is 5.32 Å². The molecule has 2 heterocycles. The number of benzene rings is 1. The van der Waals surface area contributed by atoms with Crippen LogP contribution in [-0.2, 0) is 5.41 Å². The molecule has 1 aromatic carbocycles. The van der Waals surface area contributed by atoms with Gasteiger partial charge in [-0.2, -0.15) is 0 Å². The van der Waals surface area contributed by atoms with E-state index in [1.165, 1.54) is 4.88 Å². The lowest BCUT2D eigenvalue weighted by atomic mass is 10.1. The van der Waals surface area contributed by atoms with Gasteiger partial charge in [0.2, 0.25) is 6.79 Å². The van der Waals surface area contributed by atoms with E-state index in [0.29, 0.717) is 23.7 Å². The lowest BCUT2D eigenvalue weighted by Crippen LogP contribution is -2.35. The van der Waals surface area contributed by atoms with Crippen LogP contribution >= 0.6 is 11.3 Å². The number of amides is 2. The molecule has 0 spiro atoms. The van der Waals surface area contributed by atoms with Crippen molar-refractivity contribution >= 4 is 23.1 Å². The maximum absolute atomic E-state index is 12.1. The Bertz CT molecular complexity index is 695. The van der Waals surface area contributed by atoms with Gasteiger partial charge in [0.1, 0.15) is 0 Å². The third kappa shape index (κ3) is 2.50. The topological polar surface area (TPSA) is 59.6 Å². The fourth-order valence-electron chi connectivity index (χ4n) is 2.64. The van der Waals surface area contributed by atoms with Crippen molar-refractivity contribution in [2.24, 2.45) is 0 Å². The van der Waals surface area contributed by atoms with Crippen molar-refractivity contribution in [2.75, 3.05) is 18.7 Å². The van der Waals surface area contributed by atoms with Crippen LogP contribution in [0.4, 0.5) is 10.5 Å². The molecule has 2 amide bonds. The summed E-state index contributed by atoms with van der Waals surface area (Å²) >= 11 is 1.76. The minimum atomic E-state index is -0.193. The Labute approximate surface area is 132 Å². The predicted molar refractivity (Wildman–Crippen MR) is 84.8 cm³/mol. The molecule has 1 aliphatic heterocycles. The second-order valence-corrected chi connectivity index (χ2v) is 6.58. The number of hydrogen-bond acceptors (Lipinski definition) is 4. The summed E-state index contributed by atoms with van der Waals surface area (Å²) in [4.78, 5) is 13.4. The number of fused-ring (bicyclic) bond motifs is 1. The van der Waals surface area contributed by atoms with Crippen molar-refractivity contribution in [3.63, 3.8) is 0 Å². The molecule has 1 aromatic heterocycles. The Morgan fingerprint density at radius 1 is 1.23 bits per heavy atom. The molecule has 6 heteroatoms. The van der Waals surface area contributed by atoms with Gasteiger partial charge in [0.05, 0.1) is 0 Å². The highest BCUT2D eigenvalue weighted by molar-refractivity contribution is 7.10. The first-order valence-corrected chi connectivity index (χ1v) is 8.12. The summed E-state index contributed by atoms with van der Waals surface area (Å²) in [5.41, 5.74) is 0.850. The van der Waals surface area contributed by atoms with Crippen LogP contribution in [-0.4, -0.2) is 19.4 Å². The van der Waals surface area contributed by atoms with Crippen molar-refractivity contribution in [2.45, 2.75) is 18.3 Å². The van der Waals surface area contributed by atoms with Crippen molar-refractivity contribution < 1.29 is 14.3 Å². The second kappa shape index (κ2) is 5.21. The zero-order valence-corrected chi connectivity index (χ0v) is 12.7. The molecule has 0 unspecified atom stereocenters. The second-order valence-electron chi connectivity index (χ2n) is 5.63. The number of nitrogens with one attached hydrogen (secondary N) is 2. The van der Waals surface area contributed by atoms with Crippen molar-refractivity contribution in [1.29, 1.82) is 0 Å². The van der Waals surface area contributed by atoms with E-state index in [-0.39, 0.29) is 18.2 Å². The molecule has 0 atom stereocenters. The van der Waals surface area contributed by atoms with Gasteiger partial charge in [-0.05, 0) is 36.4 Å². The largest absolute Gasteiger partial charge is 0.454 e. The predicted octanol–water partition coefficient (Wildman–Crippen LogP) is 3.33. The highest BCUT2D eigenvalue weighted by atomic mass is 32.1. The van der Waals surface area contributed by atoms with E-state index < -0.39 is 0 Å². The van der Waals surface area contributed by atoms with Gasteiger partial charge < -0.3 is 20.1 Å². The summed E-state index contributed by atoms with van der Waals surface area (Å²) < 4.78 is 10.6. The van der Waals surface area contributed by atoms with Crippen LogP contribution in [0.2, 0.25) is 0 Å². The summed E-state index contributed by atoms with van der Waals surface area (Å²) in [7, 11) is 0. The molecular formula is C16H16N2O3S. The number of thiophene rings is 1. The van der Waals surface area contributed by atoms with Crippen LogP contribution in [0.5, 0.6) is 11.5 Å². The first-order valence-electron chi connectivity index (χ1n) is 7.24. The average molecular weight is 316 g/mol. The monoisotopic (exact) mass is 316 g/mol. The molecule has 114 valence electrons. The van der Waals surface area contributed by atoms with E-state index in [0.717, 1.165) is 12.8 Å². The highest BCUT2D eigenvalue weighted by Gasteiger charge is 2.45. The zero-order chi connectivity index (χ0) is 15.0. The Balaban J connectivity index is 1.35. The molecule has 2 N–H and O–H groups in total.